The predicted molar refractivity (Wildman–Crippen MR) is 77.3 cm³/mol. The van der Waals surface area contributed by atoms with Gasteiger partial charge in [-0.05, 0) is 18.1 Å². The van der Waals surface area contributed by atoms with Crippen LogP contribution in [0.15, 0.2) is 28.0 Å². The van der Waals surface area contributed by atoms with Crippen LogP contribution >= 0.6 is 0 Å². The van der Waals surface area contributed by atoms with Crippen molar-refractivity contribution < 1.29 is 32.9 Å². The molecule has 24 heavy (non-hydrogen) atoms. The Kier molecular flexibility index (Phi) is 5.17. The second kappa shape index (κ2) is 7.11. The number of oxime groups is 1. The molecule has 0 bridgehead atoms. The minimum atomic E-state index is -3.08. The fourth-order valence-electron chi connectivity index (χ4n) is 1.68. The van der Waals surface area contributed by atoms with Crippen LogP contribution in [0.2, 0.25) is 0 Å². The topological polar surface area (TPSA) is 110 Å². The van der Waals surface area contributed by atoms with Crippen molar-refractivity contribution in [1.82, 2.24) is 10.4 Å². The number of imide groups is 1. The van der Waals surface area contributed by atoms with Crippen molar-refractivity contribution >= 4 is 24.1 Å². The Hall–Kier alpha value is -2.91. The third-order valence-electron chi connectivity index (χ3n) is 2.91. The van der Waals surface area contributed by atoms with Crippen LogP contribution in [-0.2, 0) is 19.3 Å². The van der Waals surface area contributed by atoms with Crippen LogP contribution in [0, 0.1) is 5.92 Å². The van der Waals surface area contributed by atoms with E-state index in [1.165, 1.54) is 12.3 Å². The highest BCUT2D eigenvalue weighted by molar-refractivity contribution is 6.12. The molecule has 10 heteroatoms. The van der Waals surface area contributed by atoms with Crippen molar-refractivity contribution in [2.24, 2.45) is 11.1 Å². The van der Waals surface area contributed by atoms with E-state index in [4.69, 9.17) is 9.15 Å². The summed E-state index contributed by atoms with van der Waals surface area (Å²) in [5.74, 6) is -2.68. The lowest BCUT2D eigenvalue weighted by Gasteiger charge is -2.31. The first-order valence-corrected chi connectivity index (χ1v) is 7.07. The van der Waals surface area contributed by atoms with E-state index in [-0.39, 0.29) is 23.3 Å². The van der Waals surface area contributed by atoms with Gasteiger partial charge in [0.15, 0.2) is 0 Å². The number of hydroxylamine groups is 2. The molecule has 0 aromatic carbocycles. The van der Waals surface area contributed by atoms with Crippen LogP contribution < -0.4 is 5.32 Å². The molecule has 2 rings (SSSR count). The molecule has 1 aromatic rings. The third-order valence-corrected chi connectivity index (χ3v) is 2.91. The van der Waals surface area contributed by atoms with E-state index in [9.17, 15) is 18.8 Å². The van der Waals surface area contributed by atoms with Gasteiger partial charge in [-0.2, -0.15) is 0 Å². The van der Waals surface area contributed by atoms with Crippen molar-refractivity contribution in [3.8, 4) is 0 Å². The summed E-state index contributed by atoms with van der Waals surface area (Å²) in [5.41, 5.74) is -3.08. The van der Waals surface area contributed by atoms with Crippen molar-refractivity contribution in [3.05, 3.63) is 24.2 Å². The molecule has 1 aliphatic rings. The molecule has 1 saturated heterocycles. The highest BCUT2D eigenvalue weighted by Crippen LogP contribution is 2.21. The van der Waals surface area contributed by atoms with Gasteiger partial charge in [0, 0.05) is 0 Å². The highest BCUT2D eigenvalue weighted by atomic mass is 19.1. The summed E-state index contributed by atoms with van der Waals surface area (Å²) in [6.45, 7) is 2.59. The normalized spacial score (nSPS) is 21.2. The fourth-order valence-corrected chi connectivity index (χ4v) is 1.68. The number of halogens is 1. The van der Waals surface area contributed by atoms with E-state index in [1.807, 2.05) is 5.32 Å². The molecule has 9 nitrogen and oxygen atoms in total. The number of furan rings is 1. The Morgan fingerprint density at radius 1 is 1.58 bits per heavy atom. The van der Waals surface area contributed by atoms with Crippen LogP contribution in [0.5, 0.6) is 0 Å². The van der Waals surface area contributed by atoms with Gasteiger partial charge >= 0.3 is 23.6 Å². The van der Waals surface area contributed by atoms with Gasteiger partial charge in [-0.3, -0.25) is 9.73 Å². The molecule has 0 spiro atoms. The molecule has 0 saturated carbocycles. The van der Waals surface area contributed by atoms with Crippen LogP contribution in [0.25, 0.3) is 0 Å². The molecule has 130 valence electrons. The molecule has 0 radical (unpaired) electrons. The summed E-state index contributed by atoms with van der Waals surface area (Å²) in [5, 5.41) is 5.39. The number of hydrogen-bond acceptors (Lipinski definition) is 7. The minimum absolute atomic E-state index is 0.0135. The zero-order chi connectivity index (χ0) is 17.7. The number of hydrogen-bond donors (Lipinski definition) is 1. The molecular weight excluding hydrogens is 325 g/mol. The highest BCUT2D eigenvalue weighted by Gasteiger charge is 2.57. The number of nitrogens with one attached hydrogen (secondary N) is 1. The maximum Gasteiger partial charge on any atom is 0.360 e. The number of amides is 3. The van der Waals surface area contributed by atoms with Gasteiger partial charge in [0.1, 0.15) is 12.0 Å². The van der Waals surface area contributed by atoms with Gasteiger partial charge in [-0.25, -0.2) is 14.0 Å². The van der Waals surface area contributed by atoms with Crippen molar-refractivity contribution in [2.45, 2.75) is 19.5 Å². The molecule has 1 N–H and O–H groups in total. The maximum atomic E-state index is 14.7. The number of rotatable bonds is 6. The Bertz CT molecular complexity index is 645. The summed E-state index contributed by atoms with van der Waals surface area (Å²) < 4.78 is 24.4. The monoisotopic (exact) mass is 341 g/mol. The molecule has 1 fully saturated rings. The first-order chi connectivity index (χ1) is 11.3. The lowest BCUT2D eigenvalue weighted by Crippen LogP contribution is -2.65. The van der Waals surface area contributed by atoms with Crippen molar-refractivity contribution in [1.29, 1.82) is 0 Å². The molecule has 1 atom stereocenters. The standard InChI is InChI=1S/C14H16FN3O6/c1-9(2)7-23-12(20)14(15)8-16-13(21)18(11(14)19)24-17-6-10-4-3-5-22-10/h3-6,9H,7-8H2,1-2H3,(H,16,21). The molecule has 1 aliphatic heterocycles. The zero-order valence-corrected chi connectivity index (χ0v) is 13.0. The molecular formula is C14H16FN3O6. The van der Waals surface area contributed by atoms with Gasteiger partial charge in [-0.1, -0.05) is 24.1 Å². The van der Waals surface area contributed by atoms with Crippen LogP contribution in [0.3, 0.4) is 0 Å². The summed E-state index contributed by atoms with van der Waals surface area (Å²) in [4.78, 5) is 40.2. The van der Waals surface area contributed by atoms with Gasteiger partial charge in [0.25, 0.3) is 0 Å². The number of nitrogens with zero attached hydrogens (tertiary/aromatic N) is 2. The van der Waals surface area contributed by atoms with E-state index >= 15 is 0 Å². The smallest absolute Gasteiger partial charge is 0.360 e. The maximum absolute atomic E-state index is 14.7. The number of alkyl halides is 1. The minimum Gasteiger partial charge on any atom is -0.463 e. The van der Waals surface area contributed by atoms with E-state index in [0.717, 1.165) is 6.21 Å². The molecule has 1 aromatic heterocycles. The number of urea groups is 1. The van der Waals surface area contributed by atoms with Gasteiger partial charge in [0.05, 0.1) is 19.4 Å². The average Bonchev–Trinajstić information content (AvgIpc) is 3.05. The van der Waals surface area contributed by atoms with E-state index < -0.39 is 30.1 Å². The van der Waals surface area contributed by atoms with Crippen LogP contribution in [0.1, 0.15) is 19.6 Å². The zero-order valence-electron chi connectivity index (χ0n) is 13.0. The van der Waals surface area contributed by atoms with E-state index in [2.05, 4.69) is 10.1 Å². The third kappa shape index (κ3) is 3.70. The first-order valence-electron chi connectivity index (χ1n) is 7.07. The Morgan fingerprint density at radius 2 is 2.33 bits per heavy atom. The number of esters is 1. The van der Waals surface area contributed by atoms with Crippen LogP contribution in [-0.4, -0.2) is 48.0 Å². The number of ether oxygens (including phenoxy) is 1. The second-order valence-electron chi connectivity index (χ2n) is 5.38. The largest absolute Gasteiger partial charge is 0.463 e. The molecule has 0 aliphatic carbocycles. The predicted octanol–water partition coefficient (Wildman–Crippen LogP) is 1.00. The van der Waals surface area contributed by atoms with E-state index in [1.54, 1.807) is 19.9 Å². The molecule has 1 unspecified atom stereocenters. The number of carbonyl (C=O) groups is 3. The van der Waals surface area contributed by atoms with Gasteiger partial charge in [0.2, 0.25) is 0 Å². The summed E-state index contributed by atoms with van der Waals surface area (Å²) >= 11 is 0. The lowest BCUT2D eigenvalue weighted by molar-refractivity contribution is -0.193. The summed E-state index contributed by atoms with van der Waals surface area (Å²) in [7, 11) is 0. The van der Waals surface area contributed by atoms with Crippen molar-refractivity contribution in [3.63, 3.8) is 0 Å². The molecule has 2 heterocycles. The SMILES string of the molecule is CC(C)COC(=O)C1(F)CNC(=O)N(ON=Cc2ccco2)C1=O. The first kappa shape index (κ1) is 17.4. The second-order valence-corrected chi connectivity index (χ2v) is 5.38. The summed E-state index contributed by atoms with van der Waals surface area (Å²) in [6.07, 6.45) is 2.43. The Labute approximate surface area is 136 Å². The average molecular weight is 341 g/mol. The van der Waals surface area contributed by atoms with E-state index in [0.29, 0.717) is 0 Å². The fraction of sp³-hybridized carbons (Fsp3) is 0.429. The summed E-state index contributed by atoms with van der Waals surface area (Å²) in [6, 6.07) is 2.06. The Balaban J connectivity index is 2.06. The number of carbonyl (C=O) groups excluding carboxylic acids is 3. The molecule has 3 amide bonds. The van der Waals surface area contributed by atoms with Gasteiger partial charge in [-0.15, -0.1) is 0 Å². The van der Waals surface area contributed by atoms with Crippen LogP contribution in [0.4, 0.5) is 9.18 Å². The Morgan fingerprint density at radius 3 is 2.96 bits per heavy atom. The van der Waals surface area contributed by atoms with Crippen molar-refractivity contribution in [2.75, 3.05) is 13.2 Å². The van der Waals surface area contributed by atoms with Gasteiger partial charge < -0.3 is 14.5 Å². The quantitative estimate of drug-likeness (QED) is 0.358. The lowest BCUT2D eigenvalue weighted by atomic mass is 10.0.